The van der Waals surface area contributed by atoms with E-state index in [1.165, 1.54) is 0 Å². The first-order chi connectivity index (χ1) is 12.4. The Bertz CT molecular complexity index is 902. The Hall–Kier alpha value is -2.57. The number of anilines is 1. The van der Waals surface area contributed by atoms with Gasteiger partial charge in [0.15, 0.2) is 11.6 Å². The molecule has 1 aliphatic rings. The average molecular weight is 382 g/mol. The Morgan fingerprint density at radius 3 is 2.50 bits per heavy atom. The van der Waals surface area contributed by atoms with E-state index in [9.17, 15) is 23.1 Å². The second kappa shape index (κ2) is 7.35. The van der Waals surface area contributed by atoms with Crippen LogP contribution in [-0.4, -0.2) is 37.4 Å². The molecule has 9 heteroatoms. The Labute approximate surface area is 151 Å². The van der Waals surface area contributed by atoms with Gasteiger partial charge in [-0.25, -0.2) is 22.8 Å². The third-order valence-corrected chi connectivity index (χ3v) is 5.29. The number of aromatic carboxylic acids is 1. The molecule has 0 saturated carbocycles. The van der Waals surface area contributed by atoms with Gasteiger partial charge in [0.2, 0.25) is 5.69 Å². The lowest BCUT2D eigenvalue weighted by Crippen LogP contribution is -2.35. The van der Waals surface area contributed by atoms with E-state index in [4.69, 9.17) is 11.3 Å². The van der Waals surface area contributed by atoms with Crippen molar-refractivity contribution in [3.05, 3.63) is 57.0 Å². The van der Waals surface area contributed by atoms with E-state index in [1.807, 2.05) is 4.90 Å². The summed E-state index contributed by atoms with van der Waals surface area (Å²) in [7, 11) is 0. The molecule has 0 unspecified atom stereocenters. The molecule has 0 amide bonds. The van der Waals surface area contributed by atoms with E-state index in [2.05, 4.69) is 4.85 Å². The molecular formula is C17H13F3N2O3S. The summed E-state index contributed by atoms with van der Waals surface area (Å²) in [5.41, 5.74) is -0.00930. The summed E-state index contributed by atoms with van der Waals surface area (Å²) in [4.78, 5) is 16.8. The van der Waals surface area contributed by atoms with Crippen LogP contribution in [0.15, 0.2) is 12.1 Å². The number of halogens is 3. The molecule has 136 valence electrons. The van der Waals surface area contributed by atoms with Crippen LogP contribution >= 0.6 is 11.3 Å². The number of rotatable bonds is 4. The molecular weight excluding hydrogens is 369 g/mol. The molecule has 0 radical (unpaired) electrons. The Morgan fingerprint density at radius 2 is 1.88 bits per heavy atom. The lowest BCUT2D eigenvalue weighted by Gasteiger charge is -2.28. The number of ether oxygens (including phenoxy) is 1. The minimum absolute atomic E-state index is 0.0958. The molecule has 0 spiro atoms. The van der Waals surface area contributed by atoms with Crippen LogP contribution in [0.3, 0.4) is 0 Å². The van der Waals surface area contributed by atoms with Gasteiger partial charge in [-0.1, -0.05) is 0 Å². The fraction of sp³-hybridized carbons (Fsp3) is 0.294. The molecule has 5 nitrogen and oxygen atoms in total. The van der Waals surface area contributed by atoms with Gasteiger partial charge in [-0.3, -0.25) is 0 Å². The minimum Gasteiger partial charge on any atom is -0.477 e. The number of morpholine rings is 1. The highest BCUT2D eigenvalue weighted by Crippen LogP contribution is 2.44. The number of hydrogen-bond donors (Lipinski definition) is 1. The van der Waals surface area contributed by atoms with Crippen molar-refractivity contribution in [2.24, 2.45) is 0 Å². The second-order valence-corrected chi connectivity index (χ2v) is 6.61. The van der Waals surface area contributed by atoms with Crippen LogP contribution in [0.1, 0.15) is 20.8 Å². The summed E-state index contributed by atoms with van der Waals surface area (Å²) in [6.45, 7) is 9.35. The number of carboxylic acid groups (broad SMARTS) is 1. The summed E-state index contributed by atoms with van der Waals surface area (Å²) in [6, 6.07) is 1.11. The Kier molecular flexibility index (Phi) is 5.15. The van der Waals surface area contributed by atoms with Crippen molar-refractivity contribution in [1.29, 1.82) is 0 Å². The number of hydrogen-bond acceptors (Lipinski definition) is 4. The largest absolute Gasteiger partial charge is 0.477 e. The zero-order valence-electron chi connectivity index (χ0n) is 13.4. The van der Waals surface area contributed by atoms with Crippen LogP contribution in [0, 0.1) is 24.0 Å². The Morgan fingerprint density at radius 1 is 1.23 bits per heavy atom. The van der Waals surface area contributed by atoms with Gasteiger partial charge >= 0.3 is 5.97 Å². The topological polar surface area (TPSA) is 54.1 Å². The van der Waals surface area contributed by atoms with Gasteiger partial charge in [0.1, 0.15) is 10.7 Å². The van der Waals surface area contributed by atoms with Crippen molar-refractivity contribution in [2.75, 3.05) is 31.2 Å². The molecule has 26 heavy (non-hydrogen) atoms. The molecule has 2 heterocycles. The molecule has 1 aliphatic heterocycles. The zero-order chi connectivity index (χ0) is 18.8. The van der Waals surface area contributed by atoms with Crippen molar-refractivity contribution < 1.29 is 27.8 Å². The van der Waals surface area contributed by atoms with Crippen molar-refractivity contribution in [1.82, 2.24) is 0 Å². The lowest BCUT2D eigenvalue weighted by atomic mass is 10.0. The summed E-state index contributed by atoms with van der Waals surface area (Å²) in [5, 5.41) is 9.95. The van der Waals surface area contributed by atoms with Crippen LogP contribution in [0.5, 0.6) is 0 Å². The van der Waals surface area contributed by atoms with E-state index in [0.717, 1.165) is 11.3 Å². The summed E-state index contributed by atoms with van der Waals surface area (Å²) in [5.74, 6) is -4.80. The van der Waals surface area contributed by atoms with Crippen LogP contribution in [-0.2, 0) is 11.2 Å². The van der Waals surface area contributed by atoms with E-state index >= 15 is 0 Å². The predicted molar refractivity (Wildman–Crippen MR) is 89.7 cm³/mol. The fourth-order valence-corrected chi connectivity index (χ4v) is 3.92. The van der Waals surface area contributed by atoms with Gasteiger partial charge in [0.25, 0.3) is 0 Å². The smallest absolute Gasteiger partial charge is 0.344 e. The van der Waals surface area contributed by atoms with E-state index in [0.29, 0.717) is 43.4 Å². The number of benzene rings is 1. The van der Waals surface area contributed by atoms with Crippen LogP contribution < -0.4 is 4.90 Å². The first-order valence-corrected chi connectivity index (χ1v) is 8.46. The first kappa shape index (κ1) is 18.2. The summed E-state index contributed by atoms with van der Waals surface area (Å²) >= 11 is 0.925. The molecule has 1 aromatic heterocycles. The quantitative estimate of drug-likeness (QED) is 0.645. The average Bonchev–Trinajstić information content (AvgIpc) is 2.99. The fourth-order valence-electron chi connectivity index (χ4n) is 2.77. The maximum atomic E-state index is 14.0. The maximum Gasteiger partial charge on any atom is 0.344 e. The number of carbonyl (C=O) groups is 1. The maximum absolute atomic E-state index is 14.0. The number of thiophene rings is 1. The normalized spacial score (nSPS) is 14.3. The van der Waals surface area contributed by atoms with Crippen LogP contribution in [0.2, 0.25) is 0 Å². The molecule has 0 atom stereocenters. The van der Waals surface area contributed by atoms with E-state index < -0.39 is 23.4 Å². The highest BCUT2D eigenvalue weighted by Gasteiger charge is 2.27. The van der Waals surface area contributed by atoms with Crippen LogP contribution in [0.4, 0.5) is 23.9 Å². The predicted octanol–water partition coefficient (Wildman–Crippen LogP) is 3.84. The Balaban J connectivity index is 2.08. The molecule has 3 rings (SSSR count). The standard InChI is InChI=1S/C17H13F3N2O3S/c1-21-14-10(6-9-7-12(19)13(20)8-11(9)18)15(17(23)24)26-16(14)22-2-4-25-5-3-22/h7-8H,2-6H2,(H,23,24). The molecule has 1 saturated heterocycles. The van der Waals surface area contributed by atoms with Gasteiger partial charge in [0.05, 0.1) is 24.8 Å². The lowest BCUT2D eigenvalue weighted by molar-refractivity contribution is 0.0701. The van der Waals surface area contributed by atoms with Gasteiger partial charge in [-0.2, -0.15) is 0 Å². The molecule has 0 aliphatic carbocycles. The van der Waals surface area contributed by atoms with E-state index in [-0.39, 0.29) is 28.1 Å². The van der Waals surface area contributed by atoms with Gasteiger partial charge in [0, 0.05) is 19.2 Å². The third kappa shape index (κ3) is 3.38. The molecule has 1 N–H and O–H groups in total. The van der Waals surface area contributed by atoms with Crippen molar-refractivity contribution in [3.63, 3.8) is 0 Å². The number of carboxylic acids is 1. The first-order valence-electron chi connectivity index (χ1n) is 7.65. The zero-order valence-corrected chi connectivity index (χ0v) is 14.2. The second-order valence-electron chi connectivity index (χ2n) is 5.61. The highest BCUT2D eigenvalue weighted by molar-refractivity contribution is 7.18. The number of nitrogens with zero attached hydrogens (tertiary/aromatic N) is 2. The summed E-state index contributed by atoms with van der Waals surface area (Å²) in [6.07, 6.45) is -0.316. The monoisotopic (exact) mass is 382 g/mol. The molecule has 1 fully saturated rings. The van der Waals surface area contributed by atoms with Gasteiger partial charge < -0.3 is 14.7 Å². The third-order valence-electron chi connectivity index (χ3n) is 4.02. The summed E-state index contributed by atoms with van der Waals surface area (Å²) < 4.78 is 45.8. The SMILES string of the molecule is [C-]#[N+]c1c(N2CCOCC2)sc(C(=O)O)c1Cc1cc(F)c(F)cc1F. The molecule has 1 aromatic carbocycles. The van der Waals surface area contributed by atoms with Crippen LogP contribution in [0.25, 0.3) is 4.85 Å². The molecule has 2 aromatic rings. The molecule has 0 bridgehead atoms. The van der Waals surface area contributed by atoms with Gasteiger partial charge in [-0.05, 0) is 23.6 Å². The minimum atomic E-state index is -1.32. The van der Waals surface area contributed by atoms with Gasteiger partial charge in [-0.15, -0.1) is 11.3 Å². The van der Waals surface area contributed by atoms with Crippen molar-refractivity contribution >= 4 is 28.0 Å². The highest BCUT2D eigenvalue weighted by atomic mass is 32.1. The van der Waals surface area contributed by atoms with E-state index in [1.54, 1.807) is 0 Å². The van der Waals surface area contributed by atoms with Crippen molar-refractivity contribution in [2.45, 2.75) is 6.42 Å². The van der Waals surface area contributed by atoms with Crippen molar-refractivity contribution in [3.8, 4) is 0 Å².